The van der Waals surface area contributed by atoms with Crippen LogP contribution in [0.3, 0.4) is 0 Å². The molecule has 1 aromatic heterocycles. The lowest BCUT2D eigenvalue weighted by molar-refractivity contribution is 0.0600. The van der Waals surface area contributed by atoms with Crippen molar-refractivity contribution in [1.82, 2.24) is 10.2 Å². The minimum Gasteiger partial charge on any atom is -0.465 e. The second-order valence-corrected chi connectivity index (χ2v) is 6.56. The van der Waals surface area contributed by atoms with Crippen LogP contribution in [0, 0.1) is 0 Å². The molecule has 3 N–H and O–H groups in total. The number of allylic oxidation sites excluding steroid dienone is 2. The van der Waals surface area contributed by atoms with E-state index in [2.05, 4.69) is 16.3 Å². The van der Waals surface area contributed by atoms with Gasteiger partial charge >= 0.3 is 5.97 Å². The molecule has 3 aromatic rings. The number of hydrogen-bond acceptors (Lipinski definition) is 4. The Morgan fingerprint density at radius 2 is 2.08 bits per heavy atom. The summed E-state index contributed by atoms with van der Waals surface area (Å²) >= 11 is 0. The van der Waals surface area contributed by atoms with E-state index in [1.807, 2.05) is 36.4 Å². The van der Waals surface area contributed by atoms with Crippen molar-refractivity contribution >= 4 is 28.3 Å². The third kappa shape index (κ3) is 2.75. The van der Waals surface area contributed by atoms with E-state index in [4.69, 9.17) is 10.5 Å². The van der Waals surface area contributed by atoms with E-state index in [9.17, 15) is 4.79 Å². The quantitative estimate of drug-likeness (QED) is 0.681. The van der Waals surface area contributed by atoms with Gasteiger partial charge in [0.2, 0.25) is 0 Å². The summed E-state index contributed by atoms with van der Waals surface area (Å²) in [5.74, 6) is 0.134. The molecule has 0 saturated heterocycles. The smallest absolute Gasteiger partial charge is 0.338 e. The first-order chi connectivity index (χ1) is 12.7. The van der Waals surface area contributed by atoms with Gasteiger partial charge in [0.25, 0.3) is 0 Å². The van der Waals surface area contributed by atoms with Gasteiger partial charge in [-0.05, 0) is 60.1 Å². The molecule has 0 amide bonds. The minimum absolute atomic E-state index is 0.319. The predicted molar refractivity (Wildman–Crippen MR) is 104 cm³/mol. The molecule has 5 heteroatoms. The Bertz CT molecular complexity index is 1020. The van der Waals surface area contributed by atoms with Crippen molar-refractivity contribution in [1.29, 1.82) is 0 Å². The zero-order chi connectivity index (χ0) is 18.1. The van der Waals surface area contributed by atoms with Gasteiger partial charge in [0.15, 0.2) is 5.82 Å². The first-order valence-electron chi connectivity index (χ1n) is 8.83. The van der Waals surface area contributed by atoms with Crippen LogP contribution in [0.1, 0.15) is 41.6 Å². The van der Waals surface area contributed by atoms with Crippen molar-refractivity contribution in [3.63, 3.8) is 0 Å². The van der Waals surface area contributed by atoms with Crippen molar-refractivity contribution < 1.29 is 9.53 Å². The summed E-state index contributed by atoms with van der Waals surface area (Å²) in [5, 5.41) is 7.90. The summed E-state index contributed by atoms with van der Waals surface area (Å²) in [5.41, 5.74) is 11.6. The van der Waals surface area contributed by atoms with E-state index in [0.29, 0.717) is 11.4 Å². The average molecular weight is 347 g/mol. The zero-order valence-electron chi connectivity index (χ0n) is 14.7. The summed E-state index contributed by atoms with van der Waals surface area (Å²) in [6, 6.07) is 11.8. The Labute approximate surface area is 151 Å². The maximum absolute atomic E-state index is 12.4. The molecule has 132 valence electrons. The van der Waals surface area contributed by atoms with Gasteiger partial charge in [0, 0.05) is 0 Å². The molecule has 5 nitrogen and oxygen atoms in total. The molecule has 0 aliphatic heterocycles. The van der Waals surface area contributed by atoms with Crippen molar-refractivity contribution in [3.8, 4) is 11.1 Å². The first kappa shape index (κ1) is 16.4. The number of carbonyl (C=O) groups excluding carboxylic acids is 1. The molecular weight excluding hydrogens is 326 g/mol. The van der Waals surface area contributed by atoms with Gasteiger partial charge in [-0.1, -0.05) is 30.3 Å². The molecule has 0 unspecified atom stereocenters. The number of carbonyl (C=O) groups is 1. The summed E-state index contributed by atoms with van der Waals surface area (Å²) < 4.78 is 5.05. The molecule has 1 aliphatic rings. The molecule has 0 spiro atoms. The number of nitrogens with zero attached hydrogens (tertiary/aromatic N) is 1. The average Bonchev–Trinajstić information content (AvgIpc) is 3.09. The topological polar surface area (TPSA) is 81.0 Å². The van der Waals surface area contributed by atoms with Crippen LogP contribution in [0.5, 0.6) is 0 Å². The van der Waals surface area contributed by atoms with Crippen LogP contribution in [-0.4, -0.2) is 23.3 Å². The molecule has 0 bridgehead atoms. The van der Waals surface area contributed by atoms with Crippen molar-refractivity contribution in [3.05, 3.63) is 53.6 Å². The highest BCUT2D eigenvalue weighted by Gasteiger charge is 2.19. The monoisotopic (exact) mass is 347 g/mol. The third-order valence-electron chi connectivity index (χ3n) is 4.99. The van der Waals surface area contributed by atoms with Crippen LogP contribution < -0.4 is 5.73 Å². The van der Waals surface area contributed by atoms with E-state index in [1.54, 1.807) is 0 Å². The lowest BCUT2D eigenvalue weighted by Crippen LogP contribution is -2.07. The molecule has 0 fully saturated rings. The molecule has 1 heterocycles. The van der Waals surface area contributed by atoms with Crippen molar-refractivity contribution in [2.75, 3.05) is 12.8 Å². The third-order valence-corrected chi connectivity index (χ3v) is 4.99. The first-order valence-corrected chi connectivity index (χ1v) is 8.83. The van der Waals surface area contributed by atoms with Crippen LogP contribution >= 0.6 is 0 Å². The number of anilines is 1. The molecule has 2 aromatic carbocycles. The second-order valence-electron chi connectivity index (χ2n) is 6.56. The van der Waals surface area contributed by atoms with Crippen molar-refractivity contribution in [2.45, 2.75) is 25.7 Å². The summed E-state index contributed by atoms with van der Waals surface area (Å²) in [6.07, 6.45) is 6.64. The van der Waals surface area contributed by atoms with Crippen LogP contribution in [0.15, 0.2) is 42.5 Å². The number of methoxy groups -OCH3 is 1. The largest absolute Gasteiger partial charge is 0.465 e. The van der Waals surface area contributed by atoms with Gasteiger partial charge in [0.05, 0.1) is 23.6 Å². The van der Waals surface area contributed by atoms with Gasteiger partial charge in [-0.25, -0.2) is 4.79 Å². The van der Waals surface area contributed by atoms with Crippen LogP contribution in [-0.2, 0) is 4.74 Å². The van der Waals surface area contributed by atoms with Crippen LogP contribution in [0.2, 0.25) is 0 Å². The maximum atomic E-state index is 12.4. The lowest BCUT2D eigenvalue weighted by atomic mass is 9.88. The van der Waals surface area contributed by atoms with E-state index in [-0.39, 0.29) is 5.97 Å². The number of nitrogens with one attached hydrogen (secondary N) is 1. The SMILES string of the molecule is COC(=O)c1cc(-c2cccc3[nH]nc(N)c23)ccc1C1=CCCCC1. The molecule has 0 atom stereocenters. The number of rotatable bonds is 3. The number of ether oxygens (including phenoxy) is 1. The van der Waals surface area contributed by atoms with E-state index in [1.165, 1.54) is 19.1 Å². The predicted octanol–water partition coefficient (Wildman–Crippen LogP) is 4.56. The van der Waals surface area contributed by atoms with Gasteiger partial charge < -0.3 is 10.5 Å². The number of fused-ring (bicyclic) bond motifs is 1. The maximum Gasteiger partial charge on any atom is 0.338 e. The van der Waals surface area contributed by atoms with Gasteiger partial charge in [-0.3, -0.25) is 5.10 Å². The Morgan fingerprint density at radius 3 is 2.85 bits per heavy atom. The Hall–Kier alpha value is -3.08. The minimum atomic E-state index is -0.319. The number of aromatic nitrogens is 2. The second kappa shape index (κ2) is 6.67. The molecule has 0 radical (unpaired) electrons. The standard InChI is InChI=1S/C21H21N3O2/c1-26-21(25)17-12-14(10-11-15(17)13-6-3-2-4-7-13)16-8-5-9-18-19(16)20(22)24-23-18/h5-6,8-12H,2-4,7H2,1H3,(H3,22,23,24). The number of benzene rings is 2. The fourth-order valence-electron chi connectivity index (χ4n) is 3.69. The summed E-state index contributed by atoms with van der Waals surface area (Å²) in [4.78, 5) is 12.4. The van der Waals surface area contributed by atoms with Crippen LogP contribution in [0.4, 0.5) is 5.82 Å². The summed E-state index contributed by atoms with van der Waals surface area (Å²) in [6.45, 7) is 0. The Balaban J connectivity index is 1.89. The number of hydrogen-bond donors (Lipinski definition) is 2. The molecule has 0 saturated carbocycles. The highest BCUT2D eigenvalue weighted by molar-refractivity contribution is 6.03. The highest BCUT2D eigenvalue weighted by Crippen LogP contribution is 2.35. The lowest BCUT2D eigenvalue weighted by Gasteiger charge is -2.17. The number of H-pyrrole nitrogens is 1. The molecule has 26 heavy (non-hydrogen) atoms. The molecular formula is C21H21N3O2. The van der Waals surface area contributed by atoms with Gasteiger partial charge in [-0.2, -0.15) is 5.10 Å². The fraction of sp³-hybridized carbons (Fsp3) is 0.238. The Kier molecular flexibility index (Phi) is 4.21. The van der Waals surface area contributed by atoms with E-state index in [0.717, 1.165) is 46.9 Å². The number of nitrogen functional groups attached to an aromatic ring is 1. The van der Waals surface area contributed by atoms with E-state index < -0.39 is 0 Å². The molecule has 1 aliphatic carbocycles. The highest BCUT2D eigenvalue weighted by atomic mass is 16.5. The van der Waals surface area contributed by atoms with Crippen LogP contribution in [0.25, 0.3) is 27.6 Å². The number of esters is 1. The normalized spacial score (nSPS) is 14.3. The Morgan fingerprint density at radius 1 is 1.19 bits per heavy atom. The van der Waals surface area contributed by atoms with Gasteiger partial charge in [-0.15, -0.1) is 0 Å². The molecule has 4 rings (SSSR count). The van der Waals surface area contributed by atoms with Crippen molar-refractivity contribution in [2.24, 2.45) is 0 Å². The van der Waals surface area contributed by atoms with Gasteiger partial charge in [0.1, 0.15) is 0 Å². The fourth-order valence-corrected chi connectivity index (χ4v) is 3.69. The number of nitrogens with two attached hydrogens (primary N) is 1. The summed E-state index contributed by atoms with van der Waals surface area (Å²) in [7, 11) is 1.42. The zero-order valence-corrected chi connectivity index (χ0v) is 14.7. The van der Waals surface area contributed by atoms with E-state index >= 15 is 0 Å². The number of aromatic amines is 1.